The predicted octanol–water partition coefficient (Wildman–Crippen LogP) is 10.5. The van der Waals surface area contributed by atoms with Gasteiger partial charge >= 0.3 is 0 Å². The van der Waals surface area contributed by atoms with Crippen LogP contribution in [0.4, 0.5) is 5.69 Å². The summed E-state index contributed by atoms with van der Waals surface area (Å²) < 4.78 is 0. The van der Waals surface area contributed by atoms with Gasteiger partial charge in [-0.2, -0.15) is 0 Å². The summed E-state index contributed by atoms with van der Waals surface area (Å²) in [6, 6.07) is 57.9. The molecule has 0 spiro atoms. The van der Waals surface area contributed by atoms with E-state index < -0.39 is 5.41 Å². The molecular weight excluding hydrogens is 556 g/mol. The molecule has 0 radical (unpaired) electrons. The summed E-state index contributed by atoms with van der Waals surface area (Å²) >= 11 is 0. The third-order valence-corrected chi connectivity index (χ3v) is 10.6. The van der Waals surface area contributed by atoms with Crippen LogP contribution in [0.15, 0.2) is 158 Å². The van der Waals surface area contributed by atoms with Gasteiger partial charge in [-0.15, -0.1) is 0 Å². The van der Waals surface area contributed by atoms with Gasteiger partial charge in [0.1, 0.15) is 0 Å². The number of rotatable bonds is 1. The molecule has 3 aliphatic carbocycles. The van der Waals surface area contributed by atoms with Crippen molar-refractivity contribution >= 4 is 49.0 Å². The molecule has 2 nitrogen and oxygen atoms in total. The Morgan fingerprint density at radius 1 is 0.370 bits per heavy atom. The average molecular weight is 587 g/mol. The highest BCUT2D eigenvalue weighted by atomic mass is 14.7. The molecule has 46 heavy (non-hydrogen) atoms. The lowest BCUT2D eigenvalue weighted by Crippen LogP contribution is -2.43. The van der Waals surface area contributed by atoms with Crippen LogP contribution in [0, 0.1) is 0 Å². The van der Waals surface area contributed by atoms with Gasteiger partial charge in [-0.25, -0.2) is 0 Å². The number of nitrogens with one attached hydrogen (secondary N) is 1. The minimum atomic E-state index is -0.531. The third kappa shape index (κ3) is 3.15. The van der Waals surface area contributed by atoms with Crippen molar-refractivity contribution in [2.45, 2.75) is 11.3 Å². The Labute approximate surface area is 267 Å². The summed E-state index contributed by atoms with van der Waals surface area (Å²) in [6.45, 7) is 0. The molecule has 1 heterocycles. The van der Waals surface area contributed by atoms with E-state index in [-0.39, 0.29) is 5.92 Å². The van der Waals surface area contributed by atoms with E-state index in [1.54, 1.807) is 0 Å². The standard InChI is InChI=1S/C44H30N2/c45-40-26-12-21-32-30-16-4-2-14-28(30)27-13-1-3-15-29(27)31-20-11-25-39(42(31)46-43(32)40)44-36-22-8-5-17-33(36)41(34-18-6-9-23-37(34)44)35-19-7-10-24-38(35)44/h1-26,41,46H,45H2. The van der Waals surface area contributed by atoms with E-state index in [0.717, 1.165) is 32.9 Å². The van der Waals surface area contributed by atoms with Crippen LogP contribution >= 0.6 is 0 Å². The fourth-order valence-electron chi connectivity index (χ4n) is 8.83. The Bertz CT molecular complexity index is 2510. The highest BCUT2D eigenvalue weighted by Gasteiger charge is 2.53. The summed E-state index contributed by atoms with van der Waals surface area (Å²) in [4.78, 5) is 4.04. The quantitative estimate of drug-likeness (QED) is 0.185. The topological polar surface area (TPSA) is 41.8 Å². The Balaban J connectivity index is 1.52. The smallest absolute Gasteiger partial charge is 0.0730 e. The highest BCUT2D eigenvalue weighted by Crippen LogP contribution is 2.62. The second kappa shape index (κ2) is 9.32. The summed E-state index contributed by atoms with van der Waals surface area (Å²) in [5.41, 5.74) is 18.6. The SMILES string of the molecule is Nc1cccc2c1[nH]c1c(C34c5ccccc5C(c5ccccc53)c3ccccc34)cccc1c1ccccc1c1ccccc21. The van der Waals surface area contributed by atoms with Gasteiger partial charge < -0.3 is 10.7 Å². The molecule has 8 aromatic rings. The van der Waals surface area contributed by atoms with Gasteiger partial charge in [0, 0.05) is 16.7 Å². The molecular formula is C44H30N2. The maximum absolute atomic E-state index is 6.90. The van der Waals surface area contributed by atoms with Gasteiger partial charge in [0.05, 0.1) is 22.1 Å². The molecule has 0 saturated carbocycles. The molecule has 0 aliphatic heterocycles. The van der Waals surface area contributed by atoms with E-state index >= 15 is 0 Å². The van der Waals surface area contributed by atoms with Crippen molar-refractivity contribution in [3.8, 4) is 0 Å². The Kier molecular flexibility index (Phi) is 5.16. The molecule has 0 saturated heterocycles. The monoisotopic (exact) mass is 586 g/mol. The van der Waals surface area contributed by atoms with Gasteiger partial charge in [-0.05, 0) is 66.6 Å². The molecule has 0 amide bonds. The van der Waals surface area contributed by atoms with E-state index in [0.29, 0.717) is 0 Å². The van der Waals surface area contributed by atoms with Crippen molar-refractivity contribution in [1.29, 1.82) is 0 Å². The predicted molar refractivity (Wildman–Crippen MR) is 192 cm³/mol. The van der Waals surface area contributed by atoms with Crippen LogP contribution < -0.4 is 5.73 Å². The summed E-state index contributed by atoms with van der Waals surface area (Å²) in [7, 11) is 0. The third-order valence-electron chi connectivity index (χ3n) is 10.6. The van der Waals surface area contributed by atoms with E-state index in [2.05, 4.69) is 157 Å². The average Bonchev–Trinajstić information content (AvgIpc) is 3.17. The molecule has 3 aliphatic rings. The zero-order chi connectivity index (χ0) is 30.4. The van der Waals surface area contributed by atoms with Gasteiger partial charge in [0.25, 0.3) is 0 Å². The number of aromatic amines is 1. The number of anilines is 1. The Morgan fingerprint density at radius 2 is 0.739 bits per heavy atom. The first-order valence-electron chi connectivity index (χ1n) is 16.0. The molecule has 3 N–H and O–H groups in total. The zero-order valence-electron chi connectivity index (χ0n) is 25.2. The van der Waals surface area contributed by atoms with Gasteiger partial charge in [0.15, 0.2) is 0 Å². The number of fused-ring (bicyclic) bond motifs is 7. The summed E-state index contributed by atoms with van der Waals surface area (Å²) in [5.74, 6) is 0.207. The minimum Gasteiger partial charge on any atom is -0.397 e. The number of H-pyrrole nitrogens is 1. The first kappa shape index (κ1) is 25.5. The van der Waals surface area contributed by atoms with Gasteiger partial charge in [-0.1, -0.05) is 152 Å². The summed E-state index contributed by atoms with van der Waals surface area (Å²) in [5, 5.41) is 7.02. The largest absolute Gasteiger partial charge is 0.397 e. The van der Waals surface area contributed by atoms with E-state index in [4.69, 9.17) is 5.73 Å². The normalized spacial score (nSPS) is 17.5. The van der Waals surface area contributed by atoms with Crippen LogP contribution in [0.1, 0.15) is 44.9 Å². The Morgan fingerprint density at radius 3 is 1.26 bits per heavy atom. The number of benzene rings is 7. The molecule has 0 atom stereocenters. The van der Waals surface area contributed by atoms with E-state index in [1.165, 1.54) is 55.1 Å². The van der Waals surface area contributed by atoms with Crippen LogP contribution in [0.25, 0.3) is 43.4 Å². The van der Waals surface area contributed by atoms with Crippen LogP contribution in [0.3, 0.4) is 0 Å². The summed E-state index contributed by atoms with van der Waals surface area (Å²) in [6.07, 6.45) is 0. The molecule has 2 bridgehead atoms. The fraction of sp³-hybridized carbons (Fsp3) is 0.0455. The number of nitrogens with two attached hydrogens (primary N) is 1. The number of hydrogen-bond acceptors (Lipinski definition) is 1. The lowest BCUT2D eigenvalue weighted by Gasteiger charge is -2.51. The maximum Gasteiger partial charge on any atom is 0.0730 e. The fourth-order valence-corrected chi connectivity index (χ4v) is 8.83. The van der Waals surface area contributed by atoms with Crippen molar-refractivity contribution in [3.05, 3.63) is 197 Å². The molecule has 216 valence electrons. The number of nitrogen functional groups attached to an aromatic ring is 1. The number of para-hydroxylation sites is 2. The van der Waals surface area contributed by atoms with E-state index in [9.17, 15) is 0 Å². The molecule has 1 aromatic heterocycles. The van der Waals surface area contributed by atoms with Gasteiger partial charge in [-0.3, -0.25) is 0 Å². The first-order chi connectivity index (χ1) is 22.8. The van der Waals surface area contributed by atoms with Crippen molar-refractivity contribution in [2.75, 3.05) is 5.73 Å². The first-order valence-corrected chi connectivity index (χ1v) is 16.0. The van der Waals surface area contributed by atoms with Crippen LogP contribution in [0.2, 0.25) is 0 Å². The highest BCUT2D eigenvalue weighted by molar-refractivity contribution is 6.20. The van der Waals surface area contributed by atoms with Crippen LogP contribution in [-0.2, 0) is 5.41 Å². The number of hydrogen-bond donors (Lipinski definition) is 2. The molecule has 7 aromatic carbocycles. The second-order valence-electron chi connectivity index (χ2n) is 12.7. The Hall–Kier alpha value is -5.86. The molecule has 0 fully saturated rings. The lowest BCUT2D eigenvalue weighted by molar-refractivity contribution is 0.633. The van der Waals surface area contributed by atoms with Crippen molar-refractivity contribution in [2.24, 2.45) is 0 Å². The molecule has 2 heteroatoms. The minimum absolute atomic E-state index is 0.207. The maximum atomic E-state index is 6.90. The van der Waals surface area contributed by atoms with Crippen molar-refractivity contribution in [1.82, 2.24) is 4.98 Å². The lowest BCUT2D eigenvalue weighted by atomic mass is 9.50. The van der Waals surface area contributed by atoms with Crippen molar-refractivity contribution in [3.63, 3.8) is 0 Å². The van der Waals surface area contributed by atoms with Crippen molar-refractivity contribution < 1.29 is 0 Å². The number of aromatic nitrogens is 1. The van der Waals surface area contributed by atoms with E-state index in [1.807, 2.05) is 6.07 Å². The molecule has 11 rings (SSSR count). The van der Waals surface area contributed by atoms with Crippen LogP contribution in [0.5, 0.6) is 0 Å². The second-order valence-corrected chi connectivity index (χ2v) is 12.7. The molecule has 0 unspecified atom stereocenters. The van der Waals surface area contributed by atoms with Crippen LogP contribution in [-0.4, -0.2) is 4.98 Å². The van der Waals surface area contributed by atoms with Gasteiger partial charge in [0.2, 0.25) is 0 Å². The zero-order valence-corrected chi connectivity index (χ0v) is 25.2.